The van der Waals surface area contributed by atoms with Gasteiger partial charge in [-0.05, 0) is 47.4 Å². The van der Waals surface area contributed by atoms with E-state index in [0.29, 0.717) is 19.4 Å². The predicted octanol–water partition coefficient (Wildman–Crippen LogP) is 4.80. The smallest absolute Gasteiger partial charge is 0.407 e. The Balaban J connectivity index is 1.42. The number of carbonyl (C=O) groups excluding carboxylic acids is 2. The minimum absolute atomic E-state index is 0.0300. The number of likely N-dealkylation sites (tertiary alicyclic amines) is 1. The summed E-state index contributed by atoms with van der Waals surface area (Å²) in [6, 6.07) is 15.5. The summed E-state index contributed by atoms with van der Waals surface area (Å²) >= 11 is 0. The quantitative estimate of drug-likeness (QED) is 0.540. The number of hydrogen-bond acceptors (Lipinski definition) is 4. The summed E-state index contributed by atoms with van der Waals surface area (Å²) in [6.45, 7) is 4.69. The van der Waals surface area contributed by atoms with Gasteiger partial charge in [0, 0.05) is 24.9 Å². The van der Waals surface area contributed by atoms with E-state index in [1.165, 1.54) is 0 Å². The van der Waals surface area contributed by atoms with E-state index in [4.69, 9.17) is 9.84 Å². The molecule has 2 aliphatic rings. The third-order valence-electron chi connectivity index (χ3n) is 7.45. The van der Waals surface area contributed by atoms with E-state index in [-0.39, 0.29) is 36.8 Å². The van der Waals surface area contributed by atoms with Gasteiger partial charge in [-0.1, -0.05) is 68.8 Å². The summed E-state index contributed by atoms with van der Waals surface area (Å²) in [5, 5.41) is 11.9. The van der Waals surface area contributed by atoms with Crippen LogP contribution in [0.4, 0.5) is 4.79 Å². The van der Waals surface area contributed by atoms with Crippen molar-refractivity contribution in [1.29, 1.82) is 0 Å². The summed E-state index contributed by atoms with van der Waals surface area (Å²) in [5.74, 6) is -1.14. The highest BCUT2D eigenvalue weighted by Gasteiger charge is 2.37. The lowest BCUT2D eigenvalue weighted by Crippen LogP contribution is -2.53. The first kappa shape index (κ1) is 24.8. The number of carbonyl (C=O) groups is 3. The van der Waals surface area contributed by atoms with Crippen LogP contribution in [0.5, 0.6) is 0 Å². The van der Waals surface area contributed by atoms with E-state index in [1.54, 1.807) is 4.90 Å². The van der Waals surface area contributed by atoms with Crippen LogP contribution in [0.15, 0.2) is 48.5 Å². The number of ether oxygens (including phenoxy) is 1. The van der Waals surface area contributed by atoms with Crippen molar-refractivity contribution in [3.63, 3.8) is 0 Å². The number of carboxylic acids is 1. The van der Waals surface area contributed by atoms with Crippen molar-refractivity contribution < 1.29 is 24.2 Å². The number of rotatable bonds is 9. The number of carboxylic acid groups (broad SMARTS) is 1. The Hall–Kier alpha value is -3.35. The molecule has 0 bridgehead atoms. The van der Waals surface area contributed by atoms with Gasteiger partial charge in [0.2, 0.25) is 5.91 Å². The predicted molar refractivity (Wildman–Crippen MR) is 133 cm³/mol. The molecule has 1 heterocycles. The van der Waals surface area contributed by atoms with Gasteiger partial charge in [-0.15, -0.1) is 0 Å². The van der Waals surface area contributed by atoms with Crippen LogP contribution in [0.2, 0.25) is 0 Å². The minimum atomic E-state index is -0.862. The van der Waals surface area contributed by atoms with Crippen LogP contribution in [0, 0.1) is 5.92 Å². The number of hydrogen-bond donors (Lipinski definition) is 2. The zero-order valence-electron chi connectivity index (χ0n) is 20.4. The summed E-state index contributed by atoms with van der Waals surface area (Å²) < 4.78 is 5.68. The average molecular weight is 479 g/mol. The normalized spacial score (nSPS) is 18.5. The first-order valence-electron chi connectivity index (χ1n) is 12.5. The summed E-state index contributed by atoms with van der Waals surface area (Å²) in [4.78, 5) is 39.1. The Morgan fingerprint density at radius 2 is 1.71 bits per heavy atom. The highest BCUT2D eigenvalue weighted by molar-refractivity contribution is 5.86. The van der Waals surface area contributed by atoms with Crippen LogP contribution in [0.3, 0.4) is 0 Å². The fourth-order valence-electron chi connectivity index (χ4n) is 5.34. The Morgan fingerprint density at radius 3 is 2.31 bits per heavy atom. The molecule has 0 saturated carbocycles. The van der Waals surface area contributed by atoms with Crippen molar-refractivity contribution in [3.8, 4) is 11.1 Å². The lowest BCUT2D eigenvalue weighted by atomic mass is 9.97. The van der Waals surface area contributed by atoms with Crippen LogP contribution < -0.4 is 5.32 Å². The lowest BCUT2D eigenvalue weighted by Gasteiger charge is -2.31. The highest BCUT2D eigenvalue weighted by atomic mass is 16.5. The Morgan fingerprint density at radius 1 is 1.09 bits per heavy atom. The minimum Gasteiger partial charge on any atom is -0.481 e. The topological polar surface area (TPSA) is 95.9 Å². The molecule has 2 aromatic rings. The molecule has 3 atom stereocenters. The van der Waals surface area contributed by atoms with Crippen molar-refractivity contribution >= 4 is 18.0 Å². The molecule has 186 valence electrons. The van der Waals surface area contributed by atoms with Crippen LogP contribution in [0.1, 0.15) is 63.0 Å². The third kappa shape index (κ3) is 5.34. The van der Waals surface area contributed by atoms with Gasteiger partial charge in [0.15, 0.2) is 0 Å². The first-order chi connectivity index (χ1) is 16.9. The molecule has 2 amide bonds. The third-order valence-corrected chi connectivity index (χ3v) is 7.45. The number of aliphatic carboxylic acids is 1. The van der Waals surface area contributed by atoms with Crippen molar-refractivity contribution in [1.82, 2.24) is 10.2 Å². The van der Waals surface area contributed by atoms with Crippen molar-refractivity contribution in [2.45, 2.75) is 64.0 Å². The van der Waals surface area contributed by atoms with Gasteiger partial charge in [0.25, 0.3) is 0 Å². The molecule has 2 aromatic carbocycles. The van der Waals surface area contributed by atoms with E-state index >= 15 is 0 Å². The monoisotopic (exact) mass is 478 g/mol. The van der Waals surface area contributed by atoms with Gasteiger partial charge in [-0.3, -0.25) is 9.59 Å². The van der Waals surface area contributed by atoms with E-state index < -0.39 is 18.1 Å². The molecule has 0 radical (unpaired) electrons. The molecule has 1 aliphatic carbocycles. The number of fused-ring (bicyclic) bond motifs is 3. The number of alkyl carbamates (subject to hydrolysis) is 1. The molecule has 4 rings (SSSR count). The van der Waals surface area contributed by atoms with Crippen LogP contribution in [-0.2, 0) is 14.3 Å². The highest BCUT2D eigenvalue weighted by Crippen LogP contribution is 2.44. The molecule has 1 aliphatic heterocycles. The standard InChI is InChI=1S/C28H34N2O5/c1-3-18(2)26(27(33)30-16-8-9-19(30)14-15-25(31)32)29-28(34)35-17-24-22-12-6-4-10-20(22)21-11-5-7-13-23(21)24/h4-7,10-13,18-19,24,26H,3,8-9,14-17H2,1-2H3,(H,29,34)(H,31,32)/t18-,19?,26-/m0/s1. The second-order valence-electron chi connectivity index (χ2n) is 9.59. The maximum Gasteiger partial charge on any atom is 0.407 e. The molecule has 1 fully saturated rings. The average Bonchev–Trinajstić information content (AvgIpc) is 3.46. The first-order valence-corrected chi connectivity index (χ1v) is 12.5. The van der Waals surface area contributed by atoms with Gasteiger partial charge in [0.1, 0.15) is 12.6 Å². The molecule has 7 heteroatoms. The van der Waals surface area contributed by atoms with E-state index in [1.807, 2.05) is 38.1 Å². The van der Waals surface area contributed by atoms with Crippen LogP contribution in [-0.4, -0.2) is 53.2 Å². The molecule has 2 N–H and O–H groups in total. The van der Waals surface area contributed by atoms with Gasteiger partial charge in [0.05, 0.1) is 0 Å². The summed E-state index contributed by atoms with van der Waals surface area (Å²) in [7, 11) is 0. The zero-order chi connectivity index (χ0) is 24.9. The number of benzene rings is 2. The number of nitrogens with zero attached hydrogens (tertiary/aromatic N) is 1. The van der Waals surface area contributed by atoms with E-state index in [0.717, 1.165) is 35.1 Å². The van der Waals surface area contributed by atoms with E-state index in [2.05, 4.69) is 29.6 Å². The molecule has 1 saturated heterocycles. The van der Waals surface area contributed by atoms with Crippen LogP contribution >= 0.6 is 0 Å². The molecule has 35 heavy (non-hydrogen) atoms. The second-order valence-corrected chi connectivity index (χ2v) is 9.59. The molecular formula is C28H34N2O5. The molecule has 0 aromatic heterocycles. The summed E-state index contributed by atoms with van der Waals surface area (Å²) in [6.07, 6.45) is 2.20. The van der Waals surface area contributed by atoms with Crippen molar-refractivity contribution in [2.75, 3.05) is 13.2 Å². The summed E-state index contributed by atoms with van der Waals surface area (Å²) in [5.41, 5.74) is 4.58. The van der Waals surface area contributed by atoms with E-state index in [9.17, 15) is 14.4 Å². The fraction of sp³-hybridized carbons (Fsp3) is 0.464. The molecule has 1 unspecified atom stereocenters. The maximum atomic E-state index is 13.4. The number of amides is 2. The fourth-order valence-corrected chi connectivity index (χ4v) is 5.34. The Labute approximate surface area is 206 Å². The molecule has 7 nitrogen and oxygen atoms in total. The second kappa shape index (κ2) is 10.9. The molecule has 0 spiro atoms. The lowest BCUT2D eigenvalue weighted by molar-refractivity contribution is -0.139. The van der Waals surface area contributed by atoms with Crippen LogP contribution in [0.25, 0.3) is 11.1 Å². The number of nitrogens with one attached hydrogen (secondary N) is 1. The van der Waals surface area contributed by atoms with Gasteiger partial charge < -0.3 is 20.1 Å². The SMILES string of the molecule is CC[C@H](C)[C@H](NC(=O)OCC1c2ccccc2-c2ccccc21)C(=O)N1CCCC1CCC(=O)O. The maximum absolute atomic E-state index is 13.4. The Kier molecular flexibility index (Phi) is 7.73. The van der Waals surface area contributed by atoms with Crippen molar-refractivity contribution in [3.05, 3.63) is 59.7 Å². The Bertz CT molecular complexity index is 1040. The van der Waals surface area contributed by atoms with Gasteiger partial charge in [-0.2, -0.15) is 0 Å². The largest absolute Gasteiger partial charge is 0.481 e. The van der Waals surface area contributed by atoms with Gasteiger partial charge >= 0.3 is 12.1 Å². The van der Waals surface area contributed by atoms with Gasteiger partial charge in [-0.25, -0.2) is 4.79 Å². The zero-order valence-corrected chi connectivity index (χ0v) is 20.4. The van der Waals surface area contributed by atoms with Crippen molar-refractivity contribution in [2.24, 2.45) is 5.92 Å². The molecular weight excluding hydrogens is 444 g/mol.